The van der Waals surface area contributed by atoms with Crippen LogP contribution in [0.2, 0.25) is 0 Å². The number of nitrogens with zero attached hydrogens (tertiary/aromatic N) is 3. The summed E-state index contributed by atoms with van der Waals surface area (Å²) in [4.78, 5) is 22.4. The summed E-state index contributed by atoms with van der Waals surface area (Å²) in [5.41, 5.74) is 0.165. The van der Waals surface area contributed by atoms with Gasteiger partial charge >= 0.3 is 6.43 Å². The number of hydrogen-bond acceptors (Lipinski definition) is 5. The van der Waals surface area contributed by atoms with Crippen LogP contribution in [0.25, 0.3) is 0 Å². The summed E-state index contributed by atoms with van der Waals surface area (Å²) >= 11 is 0. The topological polar surface area (TPSA) is 78.6 Å². The number of alkyl halides is 2. The molecule has 0 saturated carbocycles. The summed E-state index contributed by atoms with van der Waals surface area (Å²) in [6, 6.07) is 4.85. The Bertz CT molecular complexity index is 1060. The van der Waals surface area contributed by atoms with Crippen LogP contribution in [-0.4, -0.2) is 48.1 Å². The van der Waals surface area contributed by atoms with E-state index in [1.807, 2.05) is 0 Å². The molecule has 1 aromatic carbocycles. The maximum Gasteiger partial charge on any atom is 0.312 e. The lowest BCUT2D eigenvalue weighted by Gasteiger charge is -2.43. The van der Waals surface area contributed by atoms with Crippen molar-refractivity contribution in [2.45, 2.75) is 25.3 Å². The molecule has 30 heavy (non-hydrogen) atoms. The summed E-state index contributed by atoms with van der Waals surface area (Å²) in [6.07, 6.45) is -1.61. The van der Waals surface area contributed by atoms with E-state index in [0.717, 1.165) is 12.1 Å². The van der Waals surface area contributed by atoms with Crippen LogP contribution >= 0.6 is 0 Å². The average Bonchev–Trinajstić information content (AvgIpc) is 2.72. The molecule has 158 valence electrons. The summed E-state index contributed by atoms with van der Waals surface area (Å²) in [6.45, 7) is 1.71. The van der Waals surface area contributed by atoms with Gasteiger partial charge < -0.3 is 9.64 Å². The van der Waals surface area contributed by atoms with Crippen LogP contribution in [0.1, 0.15) is 34.1 Å². The van der Waals surface area contributed by atoms with Crippen LogP contribution in [-0.2, 0) is 16.7 Å². The second-order valence-electron chi connectivity index (χ2n) is 6.96. The van der Waals surface area contributed by atoms with Gasteiger partial charge in [-0.05, 0) is 30.7 Å². The van der Waals surface area contributed by atoms with Crippen molar-refractivity contribution in [2.24, 2.45) is 4.99 Å². The Morgan fingerprint density at radius 2 is 2.00 bits per heavy atom. The fourth-order valence-electron chi connectivity index (χ4n) is 3.29. The summed E-state index contributed by atoms with van der Waals surface area (Å²) in [7, 11) is 2.82. The Labute approximate surface area is 169 Å². The van der Waals surface area contributed by atoms with Crippen molar-refractivity contribution in [2.75, 3.05) is 14.1 Å². The second kappa shape index (κ2) is 7.85. The second-order valence-corrected chi connectivity index (χ2v) is 6.96. The van der Waals surface area contributed by atoms with E-state index in [9.17, 15) is 22.4 Å². The number of ether oxygens (including phenoxy) is 1. The highest BCUT2D eigenvalue weighted by atomic mass is 19.3. The molecule has 1 aliphatic rings. The molecular formula is C20H18F4N4O2. The maximum atomic E-state index is 13.8. The fourth-order valence-corrected chi connectivity index (χ4v) is 3.29. The minimum atomic E-state index is -3.11. The van der Waals surface area contributed by atoms with Gasteiger partial charge in [-0.15, -0.1) is 0 Å². The number of carbonyl (C=O) groups excluding carboxylic acids is 1. The zero-order chi connectivity index (χ0) is 22.2. The molecule has 0 saturated heterocycles. The number of benzene rings is 1. The quantitative estimate of drug-likeness (QED) is 0.467. The maximum absolute atomic E-state index is 13.8. The lowest BCUT2D eigenvalue weighted by atomic mass is 9.81. The van der Waals surface area contributed by atoms with Crippen LogP contribution in [0.5, 0.6) is 0 Å². The van der Waals surface area contributed by atoms with Crippen molar-refractivity contribution >= 4 is 17.7 Å². The van der Waals surface area contributed by atoms with E-state index in [2.05, 4.69) is 9.98 Å². The van der Waals surface area contributed by atoms with Gasteiger partial charge in [-0.2, -0.15) is 8.78 Å². The standard InChI is InChI=1S/C20H18F4N4O2/c1-20(11-4-5-13(21)14(22)7-11)8-15-12(19(29)28(20)3)6-10(9-27-15)18(26-2)30-17(25)16(23)24/h4-7,9,16,25H,8H2,1-3H3/b25-17?,26-18-. The summed E-state index contributed by atoms with van der Waals surface area (Å²) < 4.78 is 57.1. The van der Waals surface area contributed by atoms with Crippen LogP contribution in [0.3, 0.4) is 0 Å². The first-order valence-electron chi connectivity index (χ1n) is 8.82. The first kappa shape index (κ1) is 21.4. The van der Waals surface area contributed by atoms with Crippen molar-refractivity contribution in [1.29, 1.82) is 5.41 Å². The molecule has 6 nitrogen and oxygen atoms in total. The van der Waals surface area contributed by atoms with Crippen molar-refractivity contribution in [3.05, 3.63) is 64.5 Å². The Balaban J connectivity index is 1.99. The molecule has 0 bridgehead atoms. The number of rotatable bonds is 3. The van der Waals surface area contributed by atoms with E-state index in [1.165, 1.54) is 37.3 Å². The number of fused-ring (bicyclic) bond motifs is 1. The molecule has 1 N–H and O–H groups in total. The monoisotopic (exact) mass is 422 g/mol. The third-order valence-corrected chi connectivity index (χ3v) is 5.15. The van der Waals surface area contributed by atoms with Gasteiger partial charge in [-0.3, -0.25) is 20.2 Å². The van der Waals surface area contributed by atoms with Gasteiger partial charge in [-0.1, -0.05) is 6.07 Å². The van der Waals surface area contributed by atoms with E-state index < -0.39 is 35.4 Å². The van der Waals surface area contributed by atoms with Gasteiger partial charge in [0.1, 0.15) is 0 Å². The number of halogens is 4. The van der Waals surface area contributed by atoms with Gasteiger partial charge in [-0.25, -0.2) is 8.78 Å². The molecule has 10 heteroatoms. The third-order valence-electron chi connectivity index (χ3n) is 5.15. The summed E-state index contributed by atoms with van der Waals surface area (Å²) in [5.74, 6) is -4.01. The van der Waals surface area contributed by atoms with E-state index in [0.29, 0.717) is 11.3 Å². The predicted molar refractivity (Wildman–Crippen MR) is 101 cm³/mol. The third kappa shape index (κ3) is 3.64. The van der Waals surface area contributed by atoms with Crippen LogP contribution in [0.15, 0.2) is 35.5 Å². The van der Waals surface area contributed by atoms with Gasteiger partial charge in [0, 0.05) is 26.7 Å². The molecule has 1 atom stereocenters. The highest BCUT2D eigenvalue weighted by Gasteiger charge is 2.42. The SMILES string of the molecule is C/N=C(\OC(=N)C(F)F)c1cnc2c(c1)C(=O)N(C)C(C)(c1ccc(F)c(F)c1)C2. The number of likely N-dealkylation sites (N-methyl/N-ethyl adjacent to an activating group) is 1. The van der Waals surface area contributed by atoms with Crippen LogP contribution < -0.4 is 0 Å². The molecule has 1 amide bonds. The number of pyridine rings is 1. The van der Waals surface area contributed by atoms with Crippen LogP contribution in [0.4, 0.5) is 17.6 Å². The lowest BCUT2D eigenvalue weighted by Crippen LogP contribution is -2.50. The predicted octanol–water partition coefficient (Wildman–Crippen LogP) is 3.54. The molecule has 1 aromatic heterocycles. The summed E-state index contributed by atoms with van der Waals surface area (Å²) in [5, 5.41) is 7.16. The Morgan fingerprint density at radius 1 is 1.30 bits per heavy atom. The first-order chi connectivity index (χ1) is 14.1. The van der Waals surface area contributed by atoms with E-state index >= 15 is 0 Å². The minimum absolute atomic E-state index is 0.153. The molecule has 0 radical (unpaired) electrons. The normalized spacial score (nSPS) is 19.1. The zero-order valence-electron chi connectivity index (χ0n) is 16.3. The Hall–Kier alpha value is -3.30. The molecule has 0 aliphatic carbocycles. The molecule has 2 heterocycles. The smallest absolute Gasteiger partial charge is 0.312 e. The lowest BCUT2D eigenvalue weighted by molar-refractivity contribution is 0.0541. The number of amides is 1. The van der Waals surface area contributed by atoms with E-state index in [1.54, 1.807) is 6.92 Å². The molecule has 1 aliphatic heterocycles. The minimum Gasteiger partial charge on any atom is -0.419 e. The van der Waals surface area contributed by atoms with E-state index in [4.69, 9.17) is 10.1 Å². The Morgan fingerprint density at radius 3 is 2.60 bits per heavy atom. The fraction of sp³-hybridized carbons (Fsp3) is 0.300. The van der Waals surface area contributed by atoms with Crippen molar-refractivity contribution < 1.29 is 27.1 Å². The number of aromatic nitrogens is 1. The largest absolute Gasteiger partial charge is 0.419 e. The van der Waals surface area contributed by atoms with Gasteiger partial charge in [0.25, 0.3) is 11.8 Å². The molecule has 3 rings (SSSR count). The first-order valence-corrected chi connectivity index (χ1v) is 8.82. The average molecular weight is 422 g/mol. The Kier molecular flexibility index (Phi) is 5.60. The number of nitrogens with one attached hydrogen (secondary N) is 1. The van der Waals surface area contributed by atoms with E-state index in [-0.39, 0.29) is 23.4 Å². The van der Waals surface area contributed by atoms with Crippen LogP contribution in [0, 0.1) is 17.0 Å². The van der Waals surface area contributed by atoms with Gasteiger partial charge in [0.05, 0.1) is 22.4 Å². The zero-order valence-corrected chi connectivity index (χ0v) is 16.3. The van der Waals surface area contributed by atoms with Crippen molar-refractivity contribution in [3.8, 4) is 0 Å². The number of carbonyl (C=O) groups is 1. The van der Waals surface area contributed by atoms with Crippen molar-refractivity contribution in [3.63, 3.8) is 0 Å². The van der Waals surface area contributed by atoms with Gasteiger partial charge in [0.2, 0.25) is 5.90 Å². The molecule has 0 fully saturated rings. The highest BCUT2D eigenvalue weighted by molar-refractivity contribution is 6.04. The molecule has 1 unspecified atom stereocenters. The molecular weight excluding hydrogens is 404 g/mol. The highest BCUT2D eigenvalue weighted by Crippen LogP contribution is 2.37. The number of hydrogen-bond donors (Lipinski definition) is 1. The van der Waals surface area contributed by atoms with Gasteiger partial charge in [0.15, 0.2) is 11.6 Å². The number of aliphatic imine (C=N–C) groups is 1. The van der Waals surface area contributed by atoms with Crippen molar-refractivity contribution in [1.82, 2.24) is 9.88 Å². The molecule has 2 aromatic rings. The molecule has 0 spiro atoms.